The molecule has 0 amide bonds. The molecule has 2 aliphatic rings. The molecule has 1 atom stereocenters. The summed E-state index contributed by atoms with van der Waals surface area (Å²) in [5.74, 6) is 0.811. The van der Waals surface area contributed by atoms with Crippen molar-refractivity contribution in [1.82, 2.24) is 4.90 Å². The standard InChI is InChI=1S/C23H28N2O3/c26-23-10-6-2-5-9-22(23)24-18-11-13-20(14-12-18)27-16-21-15-25(17-28-21)19-7-3-1-4-8-19/h2,5-6,9-14,19,21H,1,3-4,7-8,15-17H2,(H,24,26). The Morgan fingerprint density at radius 3 is 2.61 bits per heavy atom. The minimum Gasteiger partial charge on any atom is -0.491 e. The molecule has 1 heterocycles. The summed E-state index contributed by atoms with van der Waals surface area (Å²) >= 11 is 0. The van der Waals surface area contributed by atoms with E-state index in [2.05, 4.69) is 10.2 Å². The van der Waals surface area contributed by atoms with Crippen molar-refractivity contribution in [2.45, 2.75) is 44.2 Å². The third-order valence-corrected chi connectivity index (χ3v) is 5.57. The molecule has 0 radical (unpaired) electrons. The van der Waals surface area contributed by atoms with Crippen molar-refractivity contribution < 1.29 is 9.47 Å². The van der Waals surface area contributed by atoms with Gasteiger partial charge in [0.05, 0.1) is 12.4 Å². The Hall–Kier alpha value is -2.37. The van der Waals surface area contributed by atoms with Crippen LogP contribution in [-0.2, 0) is 4.74 Å². The highest BCUT2D eigenvalue weighted by molar-refractivity contribution is 5.59. The molecule has 0 aromatic heterocycles. The molecule has 148 valence electrons. The third kappa shape index (κ3) is 4.91. The van der Waals surface area contributed by atoms with Crippen molar-refractivity contribution in [2.24, 2.45) is 0 Å². The van der Waals surface area contributed by atoms with Gasteiger partial charge in [-0.1, -0.05) is 37.5 Å². The van der Waals surface area contributed by atoms with E-state index in [1.807, 2.05) is 36.4 Å². The van der Waals surface area contributed by atoms with Gasteiger partial charge in [0.15, 0.2) is 0 Å². The SMILES string of the molecule is O=c1cccccc1Nc1ccc(OCC2CN(C3CCCCC3)CO2)cc1. The molecule has 4 rings (SSSR count). The summed E-state index contributed by atoms with van der Waals surface area (Å²) in [7, 11) is 0. The maximum absolute atomic E-state index is 12.0. The van der Waals surface area contributed by atoms with Crippen LogP contribution in [0.25, 0.3) is 0 Å². The van der Waals surface area contributed by atoms with E-state index >= 15 is 0 Å². The van der Waals surface area contributed by atoms with Crippen molar-refractivity contribution in [3.8, 4) is 5.75 Å². The minimum atomic E-state index is -0.0359. The second kappa shape index (κ2) is 9.22. The van der Waals surface area contributed by atoms with Crippen LogP contribution in [0.3, 0.4) is 0 Å². The molecule has 1 unspecified atom stereocenters. The molecule has 2 aromatic carbocycles. The van der Waals surface area contributed by atoms with E-state index in [1.165, 1.54) is 32.1 Å². The molecule has 0 bridgehead atoms. The molecule has 1 saturated heterocycles. The van der Waals surface area contributed by atoms with Crippen LogP contribution in [0.15, 0.2) is 59.4 Å². The van der Waals surface area contributed by atoms with Gasteiger partial charge in [-0.3, -0.25) is 9.69 Å². The zero-order valence-corrected chi connectivity index (χ0v) is 16.2. The van der Waals surface area contributed by atoms with Crippen LogP contribution in [0.5, 0.6) is 5.75 Å². The number of nitrogens with zero attached hydrogens (tertiary/aromatic N) is 1. The summed E-state index contributed by atoms with van der Waals surface area (Å²) in [6.45, 7) is 2.25. The maximum Gasteiger partial charge on any atom is 0.201 e. The smallest absolute Gasteiger partial charge is 0.201 e. The molecule has 2 fully saturated rings. The fourth-order valence-corrected chi connectivity index (χ4v) is 3.98. The van der Waals surface area contributed by atoms with Gasteiger partial charge in [0.2, 0.25) is 5.43 Å². The normalized spacial score (nSPS) is 20.8. The van der Waals surface area contributed by atoms with Crippen LogP contribution in [0.1, 0.15) is 32.1 Å². The Morgan fingerprint density at radius 2 is 1.79 bits per heavy atom. The second-order valence-corrected chi connectivity index (χ2v) is 7.63. The van der Waals surface area contributed by atoms with E-state index < -0.39 is 0 Å². The molecule has 5 nitrogen and oxygen atoms in total. The Morgan fingerprint density at radius 1 is 1.00 bits per heavy atom. The number of benzene rings is 1. The predicted molar refractivity (Wildman–Crippen MR) is 111 cm³/mol. The summed E-state index contributed by atoms with van der Waals surface area (Å²) in [6.07, 6.45) is 6.80. The van der Waals surface area contributed by atoms with Crippen molar-refractivity contribution in [2.75, 3.05) is 25.2 Å². The monoisotopic (exact) mass is 380 g/mol. The first-order valence-electron chi connectivity index (χ1n) is 10.2. The zero-order valence-electron chi connectivity index (χ0n) is 16.2. The molecule has 28 heavy (non-hydrogen) atoms. The lowest BCUT2D eigenvalue weighted by molar-refractivity contribution is 0.0487. The van der Waals surface area contributed by atoms with E-state index in [0.717, 1.165) is 24.7 Å². The van der Waals surface area contributed by atoms with E-state index in [4.69, 9.17) is 9.47 Å². The Bertz CT molecular complexity index is 818. The number of hydrogen-bond acceptors (Lipinski definition) is 5. The first-order chi connectivity index (χ1) is 13.8. The van der Waals surface area contributed by atoms with Gasteiger partial charge >= 0.3 is 0 Å². The second-order valence-electron chi connectivity index (χ2n) is 7.63. The number of rotatable bonds is 6. The largest absolute Gasteiger partial charge is 0.491 e. The maximum atomic E-state index is 12.0. The van der Waals surface area contributed by atoms with E-state index in [9.17, 15) is 4.79 Å². The van der Waals surface area contributed by atoms with Crippen LogP contribution in [0, 0.1) is 0 Å². The summed E-state index contributed by atoms with van der Waals surface area (Å²) in [5.41, 5.74) is 1.38. The van der Waals surface area contributed by atoms with Crippen LogP contribution in [-0.4, -0.2) is 36.9 Å². The number of nitrogens with one attached hydrogen (secondary N) is 1. The zero-order chi connectivity index (χ0) is 19.2. The van der Waals surface area contributed by atoms with Crippen molar-refractivity contribution >= 4 is 11.4 Å². The highest BCUT2D eigenvalue weighted by Crippen LogP contribution is 2.26. The van der Waals surface area contributed by atoms with Gasteiger partial charge < -0.3 is 14.8 Å². The molecule has 1 N–H and O–H groups in total. The fourth-order valence-electron chi connectivity index (χ4n) is 3.98. The van der Waals surface area contributed by atoms with Gasteiger partial charge in [-0.2, -0.15) is 0 Å². The Kier molecular flexibility index (Phi) is 6.24. The quantitative estimate of drug-likeness (QED) is 0.815. The summed E-state index contributed by atoms with van der Waals surface area (Å²) < 4.78 is 11.8. The van der Waals surface area contributed by atoms with Crippen molar-refractivity contribution in [1.29, 1.82) is 0 Å². The first kappa shape index (κ1) is 19.0. The Labute approximate surface area is 166 Å². The molecule has 0 spiro atoms. The molecule has 5 heteroatoms. The van der Waals surface area contributed by atoms with Gasteiger partial charge in [-0.15, -0.1) is 0 Å². The predicted octanol–water partition coefficient (Wildman–Crippen LogP) is 4.16. The highest BCUT2D eigenvalue weighted by atomic mass is 16.5. The van der Waals surface area contributed by atoms with E-state index in [0.29, 0.717) is 18.3 Å². The molecular weight excluding hydrogens is 352 g/mol. The number of hydrogen-bond donors (Lipinski definition) is 1. The summed E-state index contributed by atoms with van der Waals surface area (Å²) in [5, 5.41) is 3.16. The first-order valence-corrected chi connectivity index (χ1v) is 10.2. The topological polar surface area (TPSA) is 50.8 Å². The van der Waals surface area contributed by atoms with Crippen molar-refractivity contribution in [3.63, 3.8) is 0 Å². The van der Waals surface area contributed by atoms with Gasteiger partial charge in [0.1, 0.15) is 18.5 Å². The summed E-state index contributed by atoms with van der Waals surface area (Å²) in [4.78, 5) is 14.4. The lowest BCUT2D eigenvalue weighted by Crippen LogP contribution is -2.36. The van der Waals surface area contributed by atoms with Crippen LogP contribution in [0.4, 0.5) is 11.4 Å². The number of ether oxygens (including phenoxy) is 2. The summed E-state index contributed by atoms with van der Waals surface area (Å²) in [6, 6.07) is 17.1. The van der Waals surface area contributed by atoms with E-state index in [-0.39, 0.29) is 11.5 Å². The van der Waals surface area contributed by atoms with Crippen molar-refractivity contribution in [3.05, 3.63) is 64.8 Å². The molecule has 1 saturated carbocycles. The molecule has 1 aliphatic heterocycles. The minimum absolute atomic E-state index is 0.0359. The van der Waals surface area contributed by atoms with Crippen LogP contribution in [0.2, 0.25) is 0 Å². The average Bonchev–Trinajstić information content (AvgIpc) is 3.12. The van der Waals surface area contributed by atoms with Gasteiger partial charge in [0, 0.05) is 18.3 Å². The van der Waals surface area contributed by atoms with Gasteiger partial charge in [-0.05, 0) is 49.2 Å². The molecule has 2 aromatic rings. The highest BCUT2D eigenvalue weighted by Gasteiger charge is 2.30. The van der Waals surface area contributed by atoms with Crippen LogP contribution >= 0.6 is 0 Å². The fraction of sp³-hybridized carbons (Fsp3) is 0.435. The Balaban J connectivity index is 1.27. The number of anilines is 2. The lowest BCUT2D eigenvalue weighted by atomic mass is 9.94. The molecule has 1 aliphatic carbocycles. The van der Waals surface area contributed by atoms with Crippen LogP contribution < -0.4 is 15.5 Å². The van der Waals surface area contributed by atoms with Gasteiger partial charge in [0.25, 0.3) is 0 Å². The average molecular weight is 380 g/mol. The third-order valence-electron chi connectivity index (χ3n) is 5.57. The van der Waals surface area contributed by atoms with Gasteiger partial charge in [-0.25, -0.2) is 0 Å². The lowest BCUT2D eigenvalue weighted by Gasteiger charge is -2.29. The van der Waals surface area contributed by atoms with E-state index in [1.54, 1.807) is 18.2 Å². The molecular formula is C23H28N2O3.